The molecule has 0 saturated carbocycles. The van der Waals surface area contributed by atoms with E-state index in [4.69, 9.17) is 10.5 Å². The van der Waals surface area contributed by atoms with Crippen LogP contribution in [0, 0.1) is 5.92 Å². The molecule has 2 heterocycles. The number of nitrogens with one attached hydrogen (secondary N) is 1. The number of ether oxygens (including phenoxy) is 3. The molecule has 3 N–H and O–H groups in total. The number of nitrogens with two attached hydrogens (primary N) is 1. The van der Waals surface area contributed by atoms with Gasteiger partial charge in [0.2, 0.25) is 17.7 Å². The number of hydrogen-bond donors (Lipinski definition) is 2. The van der Waals surface area contributed by atoms with Crippen LogP contribution < -0.4 is 11.1 Å². The lowest BCUT2D eigenvalue weighted by Crippen LogP contribution is -2.69. The van der Waals surface area contributed by atoms with Crippen molar-refractivity contribution in [2.24, 2.45) is 11.7 Å². The van der Waals surface area contributed by atoms with Crippen LogP contribution in [-0.2, 0) is 38.2 Å². The van der Waals surface area contributed by atoms with E-state index in [9.17, 15) is 24.0 Å². The fourth-order valence-electron chi connectivity index (χ4n) is 2.69. The van der Waals surface area contributed by atoms with Gasteiger partial charge in [-0.25, -0.2) is 4.79 Å². The Labute approximate surface area is 171 Å². The van der Waals surface area contributed by atoms with Crippen molar-refractivity contribution in [3.8, 4) is 0 Å². The van der Waals surface area contributed by atoms with Crippen LogP contribution in [0.25, 0.3) is 0 Å². The van der Waals surface area contributed by atoms with Crippen LogP contribution in [-0.4, -0.2) is 71.6 Å². The van der Waals surface area contributed by atoms with E-state index in [0.29, 0.717) is 0 Å². The quantitative estimate of drug-likeness (QED) is 0.237. The molecule has 0 spiro atoms. The first-order valence-corrected chi connectivity index (χ1v) is 9.61. The zero-order chi connectivity index (χ0) is 22.1. The maximum atomic E-state index is 12.7. The molecule has 0 bridgehead atoms. The topological polar surface area (TPSA) is 154 Å². The minimum atomic E-state index is -1.89. The number of β-lactam (4-membered cyclic amide) rings is 1. The summed E-state index contributed by atoms with van der Waals surface area (Å²) in [6.07, 6.45) is 0. The third kappa shape index (κ3) is 4.53. The number of fused-ring (bicyclic) bond motifs is 1. The van der Waals surface area contributed by atoms with E-state index in [1.807, 2.05) is 0 Å². The third-order valence-electron chi connectivity index (χ3n) is 4.01. The van der Waals surface area contributed by atoms with Crippen molar-refractivity contribution in [3.05, 3.63) is 11.4 Å². The van der Waals surface area contributed by atoms with Gasteiger partial charge in [0, 0.05) is 5.75 Å². The van der Waals surface area contributed by atoms with Crippen molar-refractivity contribution in [1.82, 2.24) is 10.2 Å². The number of nitrogens with zero attached hydrogens (tertiary/aromatic N) is 1. The maximum absolute atomic E-state index is 12.7. The van der Waals surface area contributed by atoms with Gasteiger partial charge in [0.25, 0.3) is 0 Å². The lowest BCUT2D eigenvalue weighted by atomic mass is 10.0. The number of hydrogen-bond acceptors (Lipinski definition) is 10. The molecule has 0 aromatic rings. The lowest BCUT2D eigenvalue weighted by Gasteiger charge is -2.48. The van der Waals surface area contributed by atoms with E-state index >= 15 is 0 Å². The third-order valence-corrected chi connectivity index (χ3v) is 5.31. The summed E-state index contributed by atoms with van der Waals surface area (Å²) in [7, 11) is 2.02. The zero-order valence-corrected chi connectivity index (χ0v) is 17.5. The molecule has 0 aromatic heterocycles. The number of amides is 2. The average molecular weight is 429 g/mol. The Morgan fingerprint density at radius 1 is 1.17 bits per heavy atom. The Balaban J connectivity index is 2.40. The molecule has 2 aliphatic rings. The van der Waals surface area contributed by atoms with Gasteiger partial charge in [-0.15, -0.1) is 11.8 Å². The van der Waals surface area contributed by atoms with Gasteiger partial charge < -0.3 is 25.3 Å². The fourth-order valence-corrected chi connectivity index (χ4v) is 3.92. The highest BCUT2D eigenvalue weighted by Gasteiger charge is 2.53. The zero-order valence-electron chi connectivity index (χ0n) is 16.6. The van der Waals surface area contributed by atoms with Gasteiger partial charge in [-0.1, -0.05) is 0 Å². The number of carbonyl (C=O) groups is 5. The van der Waals surface area contributed by atoms with Gasteiger partial charge >= 0.3 is 17.9 Å². The molecule has 160 valence electrons. The van der Waals surface area contributed by atoms with Crippen LogP contribution in [0.3, 0.4) is 0 Å². The van der Waals surface area contributed by atoms with Gasteiger partial charge in [-0.3, -0.25) is 24.1 Å². The minimum Gasteiger partial charge on any atom is -0.468 e. The number of carbonyl (C=O) groups excluding carboxylic acids is 5. The fraction of sp³-hybridized carbons (Fsp3) is 0.588. The summed E-state index contributed by atoms with van der Waals surface area (Å²) < 4.78 is 14.3. The molecule has 0 aromatic carbocycles. The Hall–Kier alpha value is -2.60. The van der Waals surface area contributed by atoms with Crippen LogP contribution in [0.5, 0.6) is 0 Å². The molecule has 0 aliphatic carbocycles. The van der Waals surface area contributed by atoms with Crippen molar-refractivity contribution in [2.75, 3.05) is 20.0 Å². The molecule has 1 fully saturated rings. The van der Waals surface area contributed by atoms with E-state index in [2.05, 4.69) is 14.8 Å². The van der Waals surface area contributed by atoms with E-state index in [0.717, 1.165) is 19.1 Å². The Kier molecular flexibility index (Phi) is 6.58. The summed E-state index contributed by atoms with van der Waals surface area (Å²) in [5.74, 6) is -6.46. The highest BCUT2D eigenvalue weighted by atomic mass is 32.2. The first-order chi connectivity index (χ1) is 13.4. The van der Waals surface area contributed by atoms with Crippen LogP contribution in [0.15, 0.2) is 11.4 Å². The van der Waals surface area contributed by atoms with Crippen LogP contribution in [0.1, 0.15) is 20.8 Å². The van der Waals surface area contributed by atoms with Gasteiger partial charge in [-0.2, -0.15) is 0 Å². The smallest absolute Gasteiger partial charge is 0.357 e. The number of methoxy groups -OCH3 is 2. The standard InChI is InChI=1S/C17H23N3O8S/c1-17(2,3)28-16(25)10-7(6-29-13-9(18)12(22)20(10)13)19-11(21)8(14(23)26-4)15(24)27-5/h8-9,13H,6,18H2,1-5H3,(H,19,21)/t9?,13-/m0/s1. The molecule has 2 rings (SSSR count). The van der Waals surface area contributed by atoms with Gasteiger partial charge in [0.1, 0.15) is 17.0 Å². The monoisotopic (exact) mass is 429 g/mol. The molecule has 0 radical (unpaired) electrons. The molecule has 1 saturated heterocycles. The molecule has 11 nitrogen and oxygen atoms in total. The van der Waals surface area contributed by atoms with E-state index in [1.165, 1.54) is 11.8 Å². The SMILES string of the molecule is COC(=O)C(C(=O)NC1=C(C(=O)OC(C)(C)C)N2C(=O)C(N)[C@@H]2SC1)C(=O)OC. The second-order valence-corrected chi connectivity index (χ2v) is 8.34. The minimum absolute atomic E-state index is 0.0172. The normalized spacial score (nSPS) is 21.2. The molecular formula is C17H23N3O8S. The molecule has 29 heavy (non-hydrogen) atoms. The predicted octanol–water partition coefficient (Wildman–Crippen LogP) is -1.14. The number of rotatable bonds is 5. The second kappa shape index (κ2) is 8.41. The lowest BCUT2D eigenvalue weighted by molar-refractivity contribution is -0.162. The van der Waals surface area contributed by atoms with Crippen LogP contribution in [0.2, 0.25) is 0 Å². The van der Waals surface area contributed by atoms with Crippen molar-refractivity contribution < 1.29 is 38.2 Å². The summed E-state index contributed by atoms with van der Waals surface area (Å²) >= 11 is 1.22. The van der Waals surface area contributed by atoms with Crippen molar-refractivity contribution in [1.29, 1.82) is 0 Å². The molecule has 2 aliphatic heterocycles. The van der Waals surface area contributed by atoms with E-state index in [-0.39, 0.29) is 17.1 Å². The molecular weight excluding hydrogens is 406 g/mol. The molecule has 2 atom stereocenters. The van der Waals surface area contributed by atoms with E-state index in [1.54, 1.807) is 20.8 Å². The summed E-state index contributed by atoms with van der Waals surface area (Å²) in [4.78, 5) is 62.4. The Bertz CT molecular complexity index is 772. The van der Waals surface area contributed by atoms with Crippen LogP contribution >= 0.6 is 11.8 Å². The summed E-state index contributed by atoms with van der Waals surface area (Å²) in [5, 5.41) is 1.89. The Morgan fingerprint density at radius 2 is 1.72 bits per heavy atom. The Morgan fingerprint density at radius 3 is 2.21 bits per heavy atom. The number of esters is 3. The molecule has 12 heteroatoms. The molecule has 1 unspecified atom stereocenters. The molecule has 2 amide bonds. The van der Waals surface area contributed by atoms with Gasteiger partial charge in [0.05, 0.1) is 19.9 Å². The number of thioether (sulfide) groups is 1. The highest BCUT2D eigenvalue weighted by molar-refractivity contribution is 8.00. The van der Waals surface area contributed by atoms with Gasteiger partial charge in [-0.05, 0) is 20.8 Å². The average Bonchev–Trinajstić information content (AvgIpc) is 2.65. The van der Waals surface area contributed by atoms with Gasteiger partial charge in [0.15, 0.2) is 5.70 Å². The second-order valence-electron chi connectivity index (χ2n) is 7.23. The summed E-state index contributed by atoms with van der Waals surface area (Å²) in [6.45, 7) is 4.94. The van der Waals surface area contributed by atoms with Crippen molar-refractivity contribution in [3.63, 3.8) is 0 Å². The van der Waals surface area contributed by atoms with Crippen molar-refractivity contribution >= 4 is 41.5 Å². The predicted molar refractivity (Wildman–Crippen MR) is 99.6 cm³/mol. The van der Waals surface area contributed by atoms with Crippen molar-refractivity contribution in [2.45, 2.75) is 37.8 Å². The summed E-state index contributed by atoms with van der Waals surface area (Å²) in [5.41, 5.74) is 4.75. The summed E-state index contributed by atoms with van der Waals surface area (Å²) in [6, 6.07) is -0.785. The first-order valence-electron chi connectivity index (χ1n) is 8.56. The maximum Gasteiger partial charge on any atom is 0.357 e. The van der Waals surface area contributed by atoms with Crippen LogP contribution in [0.4, 0.5) is 0 Å². The largest absolute Gasteiger partial charge is 0.468 e. The first kappa shape index (κ1) is 22.7. The van der Waals surface area contributed by atoms with E-state index < -0.39 is 52.7 Å². The highest BCUT2D eigenvalue weighted by Crippen LogP contribution is 2.39.